The quantitative estimate of drug-likeness (QED) is 0.694. The van der Waals surface area contributed by atoms with Crippen molar-refractivity contribution in [3.8, 4) is 0 Å². The van der Waals surface area contributed by atoms with Crippen molar-refractivity contribution in [3.05, 3.63) is 0 Å². The monoisotopic (exact) mass is 199 g/mol. The van der Waals surface area contributed by atoms with Gasteiger partial charge in [0.1, 0.15) is 0 Å². The molecule has 3 nitrogen and oxygen atoms in total. The number of morpholine rings is 1. The third-order valence-electron chi connectivity index (χ3n) is 2.52. The molecule has 0 aromatic heterocycles. The summed E-state index contributed by atoms with van der Waals surface area (Å²) in [6.07, 6.45) is 3.14. The topological polar surface area (TPSA) is 29.5 Å². The molecule has 0 saturated carbocycles. The third kappa shape index (κ3) is 3.29. The van der Waals surface area contributed by atoms with Crippen molar-refractivity contribution in [2.45, 2.75) is 52.2 Å². The van der Waals surface area contributed by atoms with Crippen molar-refractivity contribution in [3.63, 3.8) is 0 Å². The van der Waals surface area contributed by atoms with E-state index in [0.717, 1.165) is 25.9 Å². The Morgan fingerprint density at radius 3 is 2.43 bits per heavy atom. The molecule has 14 heavy (non-hydrogen) atoms. The van der Waals surface area contributed by atoms with Crippen molar-refractivity contribution in [1.29, 1.82) is 0 Å². The van der Waals surface area contributed by atoms with Crippen LogP contribution in [0.3, 0.4) is 0 Å². The van der Waals surface area contributed by atoms with Crippen molar-refractivity contribution in [2.24, 2.45) is 0 Å². The molecule has 3 heteroatoms. The van der Waals surface area contributed by atoms with Gasteiger partial charge in [-0.05, 0) is 20.3 Å². The van der Waals surface area contributed by atoms with Crippen LogP contribution in [0.15, 0.2) is 0 Å². The van der Waals surface area contributed by atoms with E-state index in [9.17, 15) is 4.79 Å². The molecular weight excluding hydrogens is 178 g/mol. The molecule has 2 unspecified atom stereocenters. The van der Waals surface area contributed by atoms with E-state index in [1.165, 1.54) is 0 Å². The van der Waals surface area contributed by atoms with Crippen LogP contribution in [0.4, 0.5) is 0 Å². The fourth-order valence-corrected chi connectivity index (χ4v) is 1.87. The molecule has 0 spiro atoms. The van der Waals surface area contributed by atoms with Gasteiger partial charge >= 0.3 is 0 Å². The van der Waals surface area contributed by atoms with Gasteiger partial charge in [-0.1, -0.05) is 13.3 Å². The Kier molecular flexibility index (Phi) is 4.39. The Hall–Kier alpha value is -0.570. The van der Waals surface area contributed by atoms with Crippen LogP contribution < -0.4 is 0 Å². The summed E-state index contributed by atoms with van der Waals surface area (Å²) in [7, 11) is 0. The van der Waals surface area contributed by atoms with E-state index in [1.807, 2.05) is 18.7 Å². The summed E-state index contributed by atoms with van der Waals surface area (Å²) in [5, 5.41) is 0. The molecule has 1 amide bonds. The van der Waals surface area contributed by atoms with Gasteiger partial charge in [0, 0.05) is 19.5 Å². The second-order valence-electron chi connectivity index (χ2n) is 4.16. The largest absolute Gasteiger partial charge is 0.372 e. The van der Waals surface area contributed by atoms with Crippen LogP contribution in [0.1, 0.15) is 40.0 Å². The first-order valence-electron chi connectivity index (χ1n) is 5.56. The van der Waals surface area contributed by atoms with E-state index in [1.54, 1.807) is 0 Å². The van der Waals surface area contributed by atoms with Crippen LogP contribution in [0, 0.1) is 0 Å². The van der Waals surface area contributed by atoms with Crippen molar-refractivity contribution in [2.75, 3.05) is 13.1 Å². The minimum Gasteiger partial charge on any atom is -0.372 e. The zero-order chi connectivity index (χ0) is 10.6. The molecule has 1 aliphatic rings. The van der Waals surface area contributed by atoms with Gasteiger partial charge in [-0.2, -0.15) is 0 Å². The Bertz CT molecular complexity index is 184. The summed E-state index contributed by atoms with van der Waals surface area (Å²) in [6, 6.07) is 0. The number of ether oxygens (including phenoxy) is 1. The predicted octanol–water partition coefficient (Wildman–Crippen LogP) is 1.81. The van der Waals surface area contributed by atoms with Crippen LogP contribution in [-0.2, 0) is 9.53 Å². The first-order valence-corrected chi connectivity index (χ1v) is 5.56. The molecule has 0 radical (unpaired) electrons. The predicted molar refractivity (Wildman–Crippen MR) is 56.1 cm³/mol. The Balaban J connectivity index is 2.38. The number of amides is 1. The minimum absolute atomic E-state index is 0.185. The number of nitrogens with zero attached hydrogens (tertiary/aromatic N) is 1. The molecule has 1 saturated heterocycles. The van der Waals surface area contributed by atoms with E-state index in [4.69, 9.17) is 4.74 Å². The van der Waals surface area contributed by atoms with Crippen LogP contribution in [0.5, 0.6) is 0 Å². The van der Waals surface area contributed by atoms with E-state index in [2.05, 4.69) is 6.92 Å². The number of hydrogen-bond acceptors (Lipinski definition) is 2. The average Bonchev–Trinajstić information content (AvgIpc) is 2.12. The second kappa shape index (κ2) is 5.35. The summed E-state index contributed by atoms with van der Waals surface area (Å²) in [5.74, 6) is 0.286. The number of carbonyl (C=O) groups excluding carboxylic acids is 1. The van der Waals surface area contributed by atoms with Crippen LogP contribution in [0.25, 0.3) is 0 Å². The smallest absolute Gasteiger partial charge is 0.222 e. The SMILES string of the molecule is CCCCC(=O)N1CC(C)OC(C)C1. The lowest BCUT2D eigenvalue weighted by atomic mass is 10.2. The molecule has 0 bridgehead atoms. The van der Waals surface area contributed by atoms with E-state index >= 15 is 0 Å². The molecule has 82 valence electrons. The van der Waals surface area contributed by atoms with E-state index in [0.29, 0.717) is 6.42 Å². The van der Waals surface area contributed by atoms with Gasteiger partial charge in [-0.15, -0.1) is 0 Å². The number of carbonyl (C=O) groups is 1. The van der Waals surface area contributed by atoms with Gasteiger partial charge in [0.2, 0.25) is 5.91 Å². The molecule has 1 fully saturated rings. The fraction of sp³-hybridized carbons (Fsp3) is 0.909. The Labute approximate surface area is 86.4 Å². The van der Waals surface area contributed by atoms with E-state index < -0.39 is 0 Å². The lowest BCUT2D eigenvalue weighted by Crippen LogP contribution is -2.48. The Morgan fingerprint density at radius 2 is 1.93 bits per heavy atom. The summed E-state index contributed by atoms with van der Waals surface area (Å²) < 4.78 is 5.58. The molecule has 0 aliphatic carbocycles. The molecule has 1 rings (SSSR count). The molecule has 2 atom stereocenters. The summed E-state index contributed by atoms with van der Waals surface area (Å²) in [5.41, 5.74) is 0. The molecule has 0 N–H and O–H groups in total. The highest BCUT2D eigenvalue weighted by molar-refractivity contribution is 5.76. The molecule has 0 aromatic carbocycles. The molecule has 1 aliphatic heterocycles. The van der Waals surface area contributed by atoms with Crippen LogP contribution in [0.2, 0.25) is 0 Å². The maximum Gasteiger partial charge on any atom is 0.222 e. The lowest BCUT2D eigenvalue weighted by molar-refractivity contribution is -0.143. The number of unbranched alkanes of at least 4 members (excludes halogenated alkanes) is 1. The fourth-order valence-electron chi connectivity index (χ4n) is 1.87. The number of rotatable bonds is 3. The third-order valence-corrected chi connectivity index (χ3v) is 2.52. The standard InChI is InChI=1S/C11H21NO2/c1-4-5-6-11(13)12-7-9(2)14-10(3)8-12/h9-10H,4-8H2,1-3H3. The summed E-state index contributed by atoms with van der Waals surface area (Å²) in [4.78, 5) is 13.7. The first kappa shape index (κ1) is 11.5. The maximum atomic E-state index is 11.7. The van der Waals surface area contributed by atoms with Gasteiger partial charge in [0.25, 0.3) is 0 Å². The average molecular weight is 199 g/mol. The summed E-state index contributed by atoms with van der Waals surface area (Å²) >= 11 is 0. The highest BCUT2D eigenvalue weighted by Crippen LogP contribution is 2.12. The zero-order valence-corrected chi connectivity index (χ0v) is 9.45. The van der Waals surface area contributed by atoms with E-state index in [-0.39, 0.29) is 18.1 Å². The molecule has 1 heterocycles. The van der Waals surface area contributed by atoms with Gasteiger partial charge < -0.3 is 9.64 Å². The highest BCUT2D eigenvalue weighted by Gasteiger charge is 2.24. The minimum atomic E-state index is 0.185. The Morgan fingerprint density at radius 1 is 1.36 bits per heavy atom. The van der Waals surface area contributed by atoms with Gasteiger partial charge in [0.15, 0.2) is 0 Å². The maximum absolute atomic E-state index is 11.7. The van der Waals surface area contributed by atoms with Gasteiger partial charge in [0.05, 0.1) is 12.2 Å². The van der Waals surface area contributed by atoms with Crippen molar-refractivity contribution < 1.29 is 9.53 Å². The lowest BCUT2D eigenvalue weighted by Gasteiger charge is -2.35. The normalized spacial score (nSPS) is 27.8. The van der Waals surface area contributed by atoms with Gasteiger partial charge in [-0.25, -0.2) is 0 Å². The van der Waals surface area contributed by atoms with Crippen molar-refractivity contribution in [1.82, 2.24) is 4.90 Å². The highest BCUT2D eigenvalue weighted by atomic mass is 16.5. The van der Waals surface area contributed by atoms with Gasteiger partial charge in [-0.3, -0.25) is 4.79 Å². The van der Waals surface area contributed by atoms with Crippen LogP contribution >= 0.6 is 0 Å². The molecular formula is C11H21NO2. The summed E-state index contributed by atoms with van der Waals surface area (Å²) in [6.45, 7) is 7.67. The zero-order valence-electron chi connectivity index (χ0n) is 9.45. The van der Waals surface area contributed by atoms with Crippen LogP contribution in [-0.4, -0.2) is 36.1 Å². The second-order valence-corrected chi connectivity index (χ2v) is 4.16. The number of hydrogen-bond donors (Lipinski definition) is 0. The first-order chi connectivity index (χ1) is 6.63. The molecule has 0 aromatic rings. The van der Waals surface area contributed by atoms with Crippen molar-refractivity contribution >= 4 is 5.91 Å².